The van der Waals surface area contributed by atoms with Crippen molar-refractivity contribution in [1.29, 1.82) is 0 Å². The molecule has 0 radical (unpaired) electrons. The van der Waals surface area contributed by atoms with Crippen molar-refractivity contribution in [2.45, 2.75) is 19.4 Å². The Bertz CT molecular complexity index is 1710. The van der Waals surface area contributed by atoms with Crippen molar-refractivity contribution in [3.05, 3.63) is 76.6 Å². The maximum absolute atomic E-state index is 13.8. The maximum Gasteiger partial charge on any atom is 0.293 e. The molecule has 6 rings (SSSR count). The first-order valence-electron chi connectivity index (χ1n) is 14.1. The third-order valence-corrected chi connectivity index (χ3v) is 8.65. The fraction of sp³-hybridized carbons (Fsp3) is 0.344. The molecule has 0 saturated carbocycles. The van der Waals surface area contributed by atoms with Gasteiger partial charge in [0, 0.05) is 44.2 Å². The van der Waals surface area contributed by atoms with E-state index >= 15 is 0 Å². The molecule has 1 aromatic heterocycles. The number of phenols is 1. The molecule has 2 aliphatic heterocycles. The van der Waals surface area contributed by atoms with Gasteiger partial charge in [0.15, 0.2) is 5.82 Å². The lowest BCUT2D eigenvalue weighted by molar-refractivity contribution is -0.132. The Morgan fingerprint density at radius 3 is 2.73 bits per heavy atom. The number of phenolic OH excluding ortho intramolecular Hbond substituents is 1. The number of carbonyl (C=O) groups is 1. The van der Waals surface area contributed by atoms with Gasteiger partial charge in [-0.25, -0.2) is 4.98 Å². The molecule has 2 saturated heterocycles. The van der Waals surface area contributed by atoms with Crippen molar-refractivity contribution in [1.82, 2.24) is 19.4 Å². The van der Waals surface area contributed by atoms with Gasteiger partial charge in [-0.1, -0.05) is 42.4 Å². The Kier molecular flexibility index (Phi) is 7.45. The van der Waals surface area contributed by atoms with E-state index in [0.29, 0.717) is 54.0 Å². The number of hydrogen-bond donors (Lipinski definition) is 2. The molecule has 1 amide bonds. The lowest BCUT2D eigenvalue weighted by Crippen LogP contribution is -2.51. The summed E-state index contributed by atoms with van der Waals surface area (Å²) >= 11 is 6.89. The van der Waals surface area contributed by atoms with E-state index in [0.717, 1.165) is 47.8 Å². The zero-order valence-corrected chi connectivity index (χ0v) is 23.9. The topological polar surface area (TPSA) is 90.7 Å². The number of carbonyl (C=O) groups excluding carboxylic acids is 1. The van der Waals surface area contributed by atoms with Crippen molar-refractivity contribution < 1.29 is 9.90 Å². The van der Waals surface area contributed by atoms with Gasteiger partial charge < -0.3 is 24.8 Å². The third-order valence-electron chi connectivity index (χ3n) is 8.34. The molecule has 8 nitrogen and oxygen atoms in total. The molecule has 3 heterocycles. The van der Waals surface area contributed by atoms with E-state index in [4.69, 9.17) is 16.6 Å². The molecular formula is C32H34ClN5O3. The second-order valence-electron chi connectivity index (χ2n) is 11.4. The van der Waals surface area contributed by atoms with Crippen LogP contribution >= 0.6 is 11.6 Å². The lowest BCUT2D eigenvalue weighted by atomic mass is 9.97. The second-order valence-corrected chi connectivity index (χ2v) is 11.8. The van der Waals surface area contributed by atoms with E-state index < -0.39 is 0 Å². The van der Waals surface area contributed by atoms with Crippen LogP contribution in [0.2, 0.25) is 5.02 Å². The number of benzene rings is 3. The number of likely N-dealkylation sites (tertiary alicyclic amines) is 2. The highest BCUT2D eigenvalue weighted by Gasteiger charge is 2.30. The van der Waals surface area contributed by atoms with Crippen LogP contribution < -0.4 is 10.9 Å². The molecule has 2 N–H and O–H groups in total. The van der Waals surface area contributed by atoms with Gasteiger partial charge >= 0.3 is 0 Å². The van der Waals surface area contributed by atoms with Crippen LogP contribution in [-0.4, -0.2) is 70.1 Å². The van der Waals surface area contributed by atoms with Crippen molar-refractivity contribution in [3.8, 4) is 16.9 Å². The summed E-state index contributed by atoms with van der Waals surface area (Å²) in [5.41, 5.74) is 2.61. The number of nitrogens with one attached hydrogen (secondary N) is 1. The summed E-state index contributed by atoms with van der Waals surface area (Å²) in [6.07, 6.45) is 3.57. The largest absolute Gasteiger partial charge is 0.508 e. The average Bonchev–Trinajstić information content (AvgIpc) is 2.94. The third kappa shape index (κ3) is 5.42. The standard InChI is InChI=1S/C32H34ClN5O3/c1-3-30(40)37-17-21(18-37)19-38-29-14-27(33)26(25-12-23(39)11-22-8-4-5-9-24(22)25)13-28(29)35-31(32(38)41)34-15-20-7-6-10-36(2)16-20/h3-5,8-9,11-14,20-21,39H,1,6-7,10,15-19H2,2H3,(H,34,35). The zero-order valence-electron chi connectivity index (χ0n) is 23.1. The summed E-state index contributed by atoms with van der Waals surface area (Å²) in [7, 11) is 2.13. The van der Waals surface area contributed by atoms with E-state index in [1.165, 1.54) is 6.08 Å². The molecule has 4 aromatic rings. The molecule has 41 heavy (non-hydrogen) atoms. The maximum atomic E-state index is 13.8. The summed E-state index contributed by atoms with van der Waals surface area (Å²) in [4.78, 5) is 34.7. The van der Waals surface area contributed by atoms with E-state index in [1.807, 2.05) is 30.3 Å². The molecule has 9 heteroatoms. The highest BCUT2D eigenvalue weighted by Crippen LogP contribution is 2.38. The van der Waals surface area contributed by atoms with Crippen LogP contribution in [0.5, 0.6) is 5.75 Å². The number of fused-ring (bicyclic) bond motifs is 2. The number of amides is 1. The number of anilines is 1. The van der Waals surface area contributed by atoms with Crippen molar-refractivity contribution in [2.75, 3.05) is 45.1 Å². The van der Waals surface area contributed by atoms with E-state index in [1.54, 1.807) is 27.7 Å². The minimum Gasteiger partial charge on any atom is -0.508 e. The Morgan fingerprint density at radius 1 is 1.15 bits per heavy atom. The van der Waals surface area contributed by atoms with Gasteiger partial charge in [-0.05, 0) is 79.0 Å². The van der Waals surface area contributed by atoms with Crippen LogP contribution in [0.3, 0.4) is 0 Å². The Hall–Kier alpha value is -3.88. The Morgan fingerprint density at radius 2 is 1.95 bits per heavy atom. The fourth-order valence-corrected chi connectivity index (χ4v) is 6.48. The second kappa shape index (κ2) is 11.2. The smallest absolute Gasteiger partial charge is 0.293 e. The number of hydrogen-bond acceptors (Lipinski definition) is 6. The number of halogens is 1. The molecule has 1 unspecified atom stereocenters. The molecule has 0 aliphatic carbocycles. The van der Waals surface area contributed by atoms with Gasteiger partial charge in [0.1, 0.15) is 5.75 Å². The molecule has 0 bridgehead atoms. The van der Waals surface area contributed by atoms with Crippen LogP contribution in [0.1, 0.15) is 12.8 Å². The summed E-state index contributed by atoms with van der Waals surface area (Å²) in [5, 5.41) is 16.2. The molecule has 3 aromatic carbocycles. The predicted molar refractivity (Wildman–Crippen MR) is 165 cm³/mol. The normalized spacial score (nSPS) is 18.0. The number of piperidine rings is 1. The Labute approximate surface area is 243 Å². The van der Waals surface area contributed by atoms with Crippen LogP contribution in [0.15, 0.2) is 66.0 Å². The highest BCUT2D eigenvalue weighted by atomic mass is 35.5. The zero-order chi connectivity index (χ0) is 28.7. The number of nitrogens with zero attached hydrogens (tertiary/aromatic N) is 4. The first-order chi connectivity index (χ1) is 19.8. The van der Waals surface area contributed by atoms with Crippen molar-refractivity contribution >= 4 is 45.1 Å². The van der Waals surface area contributed by atoms with Gasteiger partial charge in [0.25, 0.3) is 5.56 Å². The van der Waals surface area contributed by atoms with Gasteiger partial charge in [-0.2, -0.15) is 0 Å². The van der Waals surface area contributed by atoms with E-state index in [9.17, 15) is 14.7 Å². The quantitative estimate of drug-likeness (QED) is 0.304. The number of aromatic nitrogens is 2. The van der Waals surface area contributed by atoms with Gasteiger partial charge in [-0.3, -0.25) is 9.59 Å². The highest BCUT2D eigenvalue weighted by molar-refractivity contribution is 6.34. The molecular weight excluding hydrogens is 538 g/mol. The van der Waals surface area contributed by atoms with E-state index in [2.05, 4.69) is 23.8 Å². The SMILES string of the molecule is C=CC(=O)N1CC(Cn2c(=O)c(NCC3CCCN(C)C3)nc3cc(-c4cc(O)cc5ccccc45)c(Cl)cc32)C1. The Balaban J connectivity index is 1.42. The summed E-state index contributed by atoms with van der Waals surface area (Å²) in [6.45, 7) is 7.90. The first-order valence-corrected chi connectivity index (χ1v) is 14.5. The summed E-state index contributed by atoms with van der Waals surface area (Å²) < 4.78 is 1.74. The van der Waals surface area contributed by atoms with Gasteiger partial charge in [0.05, 0.1) is 16.1 Å². The molecule has 2 aliphatic rings. The minimum absolute atomic E-state index is 0.0981. The summed E-state index contributed by atoms with van der Waals surface area (Å²) in [6, 6.07) is 15.0. The van der Waals surface area contributed by atoms with Gasteiger partial charge in [0.2, 0.25) is 5.91 Å². The summed E-state index contributed by atoms with van der Waals surface area (Å²) in [5.74, 6) is 0.937. The van der Waals surface area contributed by atoms with Crippen molar-refractivity contribution in [3.63, 3.8) is 0 Å². The minimum atomic E-state index is -0.193. The molecule has 0 spiro atoms. The molecule has 212 valence electrons. The van der Waals surface area contributed by atoms with Gasteiger partial charge in [-0.15, -0.1) is 0 Å². The van der Waals surface area contributed by atoms with Crippen LogP contribution in [0.4, 0.5) is 5.82 Å². The first kappa shape index (κ1) is 27.3. The van der Waals surface area contributed by atoms with Crippen LogP contribution in [0.25, 0.3) is 32.9 Å². The number of aromatic hydroxyl groups is 1. The van der Waals surface area contributed by atoms with Crippen molar-refractivity contribution in [2.24, 2.45) is 11.8 Å². The van der Waals surface area contributed by atoms with Crippen LogP contribution in [-0.2, 0) is 11.3 Å². The molecule has 2 fully saturated rings. The molecule has 1 atom stereocenters. The average molecular weight is 572 g/mol. The number of rotatable bonds is 7. The predicted octanol–water partition coefficient (Wildman–Crippen LogP) is 4.97. The van der Waals surface area contributed by atoms with Crippen LogP contribution in [0, 0.1) is 11.8 Å². The van der Waals surface area contributed by atoms with E-state index in [-0.39, 0.29) is 23.1 Å². The fourth-order valence-electron chi connectivity index (χ4n) is 6.22. The lowest BCUT2D eigenvalue weighted by Gasteiger charge is -2.39. The monoisotopic (exact) mass is 571 g/mol.